The molecule has 19 heavy (non-hydrogen) atoms. The van der Waals surface area contributed by atoms with Crippen LogP contribution in [0.3, 0.4) is 0 Å². The first kappa shape index (κ1) is 12.3. The van der Waals surface area contributed by atoms with E-state index in [1.54, 1.807) is 0 Å². The maximum atomic E-state index is 13.4. The summed E-state index contributed by atoms with van der Waals surface area (Å²) in [5.74, 6) is -2.06. The molecule has 5 heteroatoms. The molecule has 2 aliphatic rings. The van der Waals surface area contributed by atoms with Crippen LogP contribution in [0.1, 0.15) is 31.2 Å². The summed E-state index contributed by atoms with van der Waals surface area (Å²) in [5, 5.41) is 13.3. The Balaban J connectivity index is 2.10. The minimum atomic E-state index is -1.92. The fourth-order valence-corrected chi connectivity index (χ4v) is 3.05. The van der Waals surface area contributed by atoms with Crippen LogP contribution in [-0.2, 0) is 15.2 Å². The normalized spacial score (nSPS) is 30.1. The van der Waals surface area contributed by atoms with Gasteiger partial charge in [-0.1, -0.05) is 6.42 Å². The summed E-state index contributed by atoms with van der Waals surface area (Å²) < 4.78 is 13.4. The monoisotopic (exact) mass is 263 g/mol. The lowest BCUT2D eigenvalue weighted by Gasteiger charge is -2.32. The van der Waals surface area contributed by atoms with Gasteiger partial charge in [0.1, 0.15) is 11.6 Å². The number of carbonyl (C=O) groups is 2. The van der Waals surface area contributed by atoms with Gasteiger partial charge in [-0.2, -0.15) is 0 Å². The topological polar surface area (TPSA) is 66.4 Å². The average molecular weight is 263 g/mol. The van der Waals surface area contributed by atoms with Gasteiger partial charge >= 0.3 is 0 Å². The van der Waals surface area contributed by atoms with Gasteiger partial charge in [-0.15, -0.1) is 0 Å². The molecule has 0 radical (unpaired) electrons. The SMILES string of the molecule is O=C1CCCCC1[C@@]1(O)C(=O)Nc2ccc(F)cc21. The summed E-state index contributed by atoms with van der Waals surface area (Å²) in [6, 6.07) is 3.76. The molecular formula is C14H14FNO3. The first-order valence-electron chi connectivity index (χ1n) is 6.40. The fraction of sp³-hybridized carbons (Fsp3) is 0.429. The zero-order valence-electron chi connectivity index (χ0n) is 10.3. The molecule has 1 unspecified atom stereocenters. The maximum absolute atomic E-state index is 13.4. The van der Waals surface area contributed by atoms with Crippen LogP contribution in [0.15, 0.2) is 18.2 Å². The van der Waals surface area contributed by atoms with E-state index in [0.29, 0.717) is 18.5 Å². The van der Waals surface area contributed by atoms with Crippen LogP contribution in [0.2, 0.25) is 0 Å². The second-order valence-electron chi connectivity index (χ2n) is 5.18. The summed E-state index contributed by atoms with van der Waals surface area (Å²) in [6.45, 7) is 0. The standard InChI is InChI=1S/C14H14FNO3/c15-8-5-6-11-10(7-8)14(19,13(18)16-11)9-3-1-2-4-12(9)17/h5-7,9,19H,1-4H2,(H,16,18)/t9?,14-/m0/s1. The van der Waals surface area contributed by atoms with Gasteiger partial charge in [-0.05, 0) is 31.0 Å². The fourth-order valence-electron chi connectivity index (χ4n) is 3.05. The summed E-state index contributed by atoms with van der Waals surface area (Å²) in [5.41, 5.74) is -1.36. The van der Waals surface area contributed by atoms with Crippen molar-refractivity contribution < 1.29 is 19.1 Å². The third-order valence-corrected chi connectivity index (χ3v) is 4.05. The van der Waals surface area contributed by atoms with Gasteiger partial charge in [-0.25, -0.2) is 4.39 Å². The molecule has 0 spiro atoms. The van der Waals surface area contributed by atoms with Gasteiger partial charge in [0, 0.05) is 17.7 Å². The van der Waals surface area contributed by atoms with E-state index in [9.17, 15) is 19.1 Å². The van der Waals surface area contributed by atoms with Crippen molar-refractivity contribution in [3.8, 4) is 0 Å². The number of Topliss-reactive ketones (excluding diaryl/α,β-unsaturated/α-hetero) is 1. The molecule has 0 saturated heterocycles. The lowest BCUT2D eigenvalue weighted by atomic mass is 9.73. The highest BCUT2D eigenvalue weighted by Gasteiger charge is 2.54. The minimum Gasteiger partial charge on any atom is -0.375 e. The highest BCUT2D eigenvalue weighted by molar-refractivity contribution is 6.08. The Bertz CT molecular complexity index is 572. The Morgan fingerprint density at radius 2 is 2.11 bits per heavy atom. The number of hydrogen-bond donors (Lipinski definition) is 2. The summed E-state index contributed by atoms with van der Waals surface area (Å²) in [7, 11) is 0. The van der Waals surface area contributed by atoms with Crippen LogP contribution in [-0.4, -0.2) is 16.8 Å². The van der Waals surface area contributed by atoms with Gasteiger partial charge in [0.25, 0.3) is 5.91 Å². The van der Waals surface area contributed by atoms with E-state index >= 15 is 0 Å². The number of carbonyl (C=O) groups excluding carboxylic acids is 2. The molecule has 4 nitrogen and oxygen atoms in total. The van der Waals surface area contributed by atoms with Crippen LogP contribution in [0.5, 0.6) is 0 Å². The predicted octanol–water partition coefficient (Wildman–Crippen LogP) is 1.72. The number of halogens is 1. The molecule has 100 valence electrons. The van der Waals surface area contributed by atoms with Crippen LogP contribution in [0, 0.1) is 11.7 Å². The predicted molar refractivity (Wildman–Crippen MR) is 65.9 cm³/mol. The molecule has 1 aliphatic carbocycles. The smallest absolute Gasteiger partial charge is 0.261 e. The third-order valence-electron chi connectivity index (χ3n) is 4.05. The van der Waals surface area contributed by atoms with E-state index in [0.717, 1.165) is 18.9 Å². The molecule has 2 N–H and O–H groups in total. The first-order chi connectivity index (χ1) is 9.03. The Hall–Kier alpha value is -1.75. The van der Waals surface area contributed by atoms with Gasteiger partial charge < -0.3 is 10.4 Å². The van der Waals surface area contributed by atoms with Crippen molar-refractivity contribution in [3.05, 3.63) is 29.6 Å². The van der Waals surface area contributed by atoms with E-state index in [1.807, 2.05) is 0 Å². The summed E-state index contributed by atoms with van der Waals surface area (Å²) >= 11 is 0. The molecule has 0 aromatic heterocycles. The number of aliphatic hydroxyl groups is 1. The van der Waals surface area contributed by atoms with Crippen LogP contribution in [0.4, 0.5) is 10.1 Å². The lowest BCUT2D eigenvalue weighted by molar-refractivity contribution is -0.150. The summed E-state index contributed by atoms with van der Waals surface area (Å²) in [4.78, 5) is 24.1. The van der Waals surface area contributed by atoms with Gasteiger partial charge in [0.05, 0.1) is 5.92 Å². The van der Waals surface area contributed by atoms with E-state index < -0.39 is 23.2 Å². The number of rotatable bonds is 1. The zero-order chi connectivity index (χ0) is 13.6. The van der Waals surface area contributed by atoms with Crippen LogP contribution >= 0.6 is 0 Å². The molecule has 1 fully saturated rings. The second kappa shape index (κ2) is 4.13. The van der Waals surface area contributed by atoms with Crippen molar-refractivity contribution in [2.75, 3.05) is 5.32 Å². The molecule has 1 aromatic carbocycles. The highest BCUT2D eigenvalue weighted by atomic mass is 19.1. The number of nitrogens with one attached hydrogen (secondary N) is 1. The highest BCUT2D eigenvalue weighted by Crippen LogP contribution is 2.45. The maximum Gasteiger partial charge on any atom is 0.261 e. The molecule has 1 amide bonds. The Labute approximate surface area is 109 Å². The molecule has 1 aromatic rings. The molecule has 1 heterocycles. The average Bonchev–Trinajstić information content (AvgIpc) is 2.64. The second-order valence-corrected chi connectivity index (χ2v) is 5.18. The Morgan fingerprint density at radius 1 is 1.32 bits per heavy atom. The number of amides is 1. The van der Waals surface area contributed by atoms with Gasteiger partial charge in [0.2, 0.25) is 0 Å². The largest absolute Gasteiger partial charge is 0.375 e. The zero-order valence-corrected chi connectivity index (χ0v) is 10.3. The lowest BCUT2D eigenvalue weighted by Crippen LogP contribution is -2.46. The molecule has 3 rings (SSSR count). The van der Waals surface area contributed by atoms with Crippen molar-refractivity contribution >= 4 is 17.4 Å². The quantitative estimate of drug-likeness (QED) is 0.810. The van der Waals surface area contributed by atoms with Gasteiger partial charge in [-0.3, -0.25) is 9.59 Å². The third kappa shape index (κ3) is 1.69. The van der Waals surface area contributed by atoms with Crippen LogP contribution < -0.4 is 5.32 Å². The molecule has 0 bridgehead atoms. The van der Waals surface area contributed by atoms with Crippen molar-refractivity contribution in [1.29, 1.82) is 0 Å². The van der Waals surface area contributed by atoms with Gasteiger partial charge in [0.15, 0.2) is 5.60 Å². The van der Waals surface area contributed by atoms with Crippen molar-refractivity contribution in [1.82, 2.24) is 0 Å². The van der Waals surface area contributed by atoms with E-state index in [4.69, 9.17) is 0 Å². The number of hydrogen-bond acceptors (Lipinski definition) is 3. The van der Waals surface area contributed by atoms with Crippen molar-refractivity contribution in [2.45, 2.75) is 31.3 Å². The number of ketones is 1. The van der Waals surface area contributed by atoms with Crippen molar-refractivity contribution in [3.63, 3.8) is 0 Å². The van der Waals surface area contributed by atoms with E-state index in [-0.39, 0.29) is 11.3 Å². The van der Waals surface area contributed by atoms with Crippen LogP contribution in [0.25, 0.3) is 0 Å². The molecule has 1 aliphatic heterocycles. The number of benzene rings is 1. The minimum absolute atomic E-state index is 0.124. The number of fused-ring (bicyclic) bond motifs is 1. The van der Waals surface area contributed by atoms with Crippen molar-refractivity contribution in [2.24, 2.45) is 5.92 Å². The molecule has 1 saturated carbocycles. The Kier molecular flexibility index (Phi) is 2.67. The number of anilines is 1. The van der Waals surface area contributed by atoms with E-state index in [1.165, 1.54) is 12.1 Å². The summed E-state index contributed by atoms with van der Waals surface area (Å²) in [6.07, 6.45) is 2.39. The molecule has 2 atom stereocenters. The first-order valence-corrected chi connectivity index (χ1v) is 6.40. The molecular weight excluding hydrogens is 249 g/mol. The Morgan fingerprint density at radius 3 is 2.84 bits per heavy atom. The van der Waals surface area contributed by atoms with E-state index in [2.05, 4.69) is 5.32 Å².